The summed E-state index contributed by atoms with van der Waals surface area (Å²) in [5.74, 6) is -0.235. The molecule has 8 heteroatoms. The topological polar surface area (TPSA) is 87.3 Å². The van der Waals surface area contributed by atoms with Gasteiger partial charge in [-0.15, -0.1) is 0 Å². The van der Waals surface area contributed by atoms with Gasteiger partial charge in [-0.3, -0.25) is 14.7 Å². The number of carbonyl (C=O) groups is 2. The first-order valence-corrected chi connectivity index (χ1v) is 11.1. The molecule has 0 radical (unpaired) electrons. The van der Waals surface area contributed by atoms with Gasteiger partial charge in [0.2, 0.25) is 5.91 Å². The van der Waals surface area contributed by atoms with Crippen molar-refractivity contribution in [2.75, 3.05) is 20.2 Å². The number of carbonyl (C=O) groups excluding carboxylic acids is 2. The lowest BCUT2D eigenvalue weighted by atomic mass is 10.1. The Hall–Kier alpha value is -3.68. The summed E-state index contributed by atoms with van der Waals surface area (Å²) in [6.07, 6.45) is 6.92. The van der Waals surface area contributed by atoms with Gasteiger partial charge in [-0.2, -0.15) is 5.10 Å². The maximum absolute atomic E-state index is 13.2. The smallest absolute Gasteiger partial charge is 0.255 e. The zero-order valence-corrected chi connectivity index (χ0v) is 18.4. The van der Waals surface area contributed by atoms with Gasteiger partial charge in [-0.05, 0) is 61.6 Å². The van der Waals surface area contributed by atoms with Crippen LogP contribution in [0.5, 0.6) is 5.75 Å². The molecule has 2 heterocycles. The van der Waals surface area contributed by atoms with Crippen LogP contribution in [-0.4, -0.2) is 52.6 Å². The van der Waals surface area contributed by atoms with Crippen LogP contribution in [-0.2, 0) is 4.79 Å². The molecule has 2 aromatic carbocycles. The fraction of sp³-hybridized carbons (Fsp3) is 0.320. The Labute approximate surface area is 190 Å². The number of ether oxygens (including phenoxy) is 1. The SMILES string of the molecule is COc1c(C(=O)NC2(C(=O)N3CCCC3)CC2)ccc2[nH]nc(/C=C/c3ccc(F)cc3)c12. The summed E-state index contributed by atoms with van der Waals surface area (Å²) in [5, 5.41) is 10.9. The highest BCUT2D eigenvalue weighted by Gasteiger charge is 2.53. The number of nitrogens with one attached hydrogen (secondary N) is 2. The minimum Gasteiger partial charge on any atom is -0.495 e. The Balaban J connectivity index is 1.44. The molecule has 7 nitrogen and oxygen atoms in total. The number of fused-ring (bicyclic) bond motifs is 1. The summed E-state index contributed by atoms with van der Waals surface area (Å²) < 4.78 is 18.8. The van der Waals surface area contributed by atoms with Gasteiger partial charge in [0.1, 0.15) is 17.1 Å². The third-order valence-electron chi connectivity index (χ3n) is 6.37. The lowest BCUT2D eigenvalue weighted by molar-refractivity contribution is -0.133. The van der Waals surface area contributed by atoms with E-state index in [1.54, 1.807) is 30.3 Å². The number of benzene rings is 2. The molecular weight excluding hydrogens is 423 g/mol. The Kier molecular flexibility index (Phi) is 5.36. The summed E-state index contributed by atoms with van der Waals surface area (Å²) in [4.78, 5) is 28.0. The Morgan fingerprint density at radius 2 is 1.85 bits per heavy atom. The third kappa shape index (κ3) is 3.97. The third-order valence-corrected chi connectivity index (χ3v) is 6.37. The normalized spacial score (nSPS) is 17.0. The van der Waals surface area contributed by atoms with Gasteiger partial charge in [-0.1, -0.05) is 18.2 Å². The first-order chi connectivity index (χ1) is 16.0. The first-order valence-electron chi connectivity index (χ1n) is 11.1. The number of hydrogen-bond acceptors (Lipinski definition) is 4. The highest BCUT2D eigenvalue weighted by Crippen LogP contribution is 2.39. The number of nitrogens with zero attached hydrogens (tertiary/aromatic N) is 2. The molecule has 170 valence electrons. The van der Waals surface area contributed by atoms with Crippen LogP contribution in [0.25, 0.3) is 23.1 Å². The average Bonchev–Trinajstić information content (AvgIpc) is 3.23. The number of aromatic amines is 1. The molecule has 3 aromatic rings. The molecular formula is C25H25FN4O3. The van der Waals surface area contributed by atoms with E-state index in [-0.39, 0.29) is 17.6 Å². The van der Waals surface area contributed by atoms with Crippen molar-refractivity contribution < 1.29 is 18.7 Å². The first kappa shape index (κ1) is 21.2. The Morgan fingerprint density at radius 1 is 1.12 bits per heavy atom. The van der Waals surface area contributed by atoms with E-state index in [1.165, 1.54) is 19.2 Å². The summed E-state index contributed by atoms with van der Waals surface area (Å²) in [7, 11) is 1.51. The van der Waals surface area contributed by atoms with Crippen molar-refractivity contribution in [3.05, 3.63) is 59.0 Å². The standard InChI is InChI=1S/C25H25FN4O3/c1-33-22-18(23(31)27-25(12-13-25)24(32)30-14-2-3-15-30)9-11-20-21(22)19(28-29-20)10-6-16-4-7-17(26)8-5-16/h4-11H,2-3,12-15H2,1H3,(H,27,31)(H,28,29)/b10-6+. The summed E-state index contributed by atoms with van der Waals surface area (Å²) >= 11 is 0. The molecule has 1 aromatic heterocycles. The number of H-pyrrole nitrogens is 1. The number of rotatable bonds is 6. The van der Waals surface area contributed by atoms with Gasteiger partial charge in [-0.25, -0.2) is 4.39 Å². The number of amides is 2. The second-order valence-electron chi connectivity index (χ2n) is 8.60. The van der Waals surface area contributed by atoms with E-state index in [4.69, 9.17) is 4.74 Å². The van der Waals surface area contributed by atoms with Crippen molar-refractivity contribution in [2.45, 2.75) is 31.2 Å². The van der Waals surface area contributed by atoms with Crippen molar-refractivity contribution in [1.82, 2.24) is 20.4 Å². The second kappa shape index (κ2) is 8.35. The van der Waals surface area contributed by atoms with Gasteiger partial charge in [0.05, 0.1) is 29.3 Å². The molecule has 1 aliphatic carbocycles. The van der Waals surface area contributed by atoms with Crippen LogP contribution in [0.3, 0.4) is 0 Å². The van der Waals surface area contributed by atoms with Crippen LogP contribution in [0.1, 0.15) is 47.3 Å². The van der Waals surface area contributed by atoms with Crippen molar-refractivity contribution in [3.8, 4) is 5.75 Å². The minimum atomic E-state index is -0.802. The van der Waals surface area contributed by atoms with E-state index in [0.717, 1.165) is 37.0 Å². The van der Waals surface area contributed by atoms with Crippen LogP contribution in [0.15, 0.2) is 36.4 Å². The predicted octanol–water partition coefficient (Wildman–Crippen LogP) is 3.77. The quantitative estimate of drug-likeness (QED) is 0.601. The van der Waals surface area contributed by atoms with E-state index in [9.17, 15) is 14.0 Å². The zero-order chi connectivity index (χ0) is 23.0. The van der Waals surface area contributed by atoms with Crippen molar-refractivity contribution in [1.29, 1.82) is 0 Å². The largest absolute Gasteiger partial charge is 0.495 e. The molecule has 1 aliphatic heterocycles. The number of methoxy groups -OCH3 is 1. The fourth-order valence-electron chi connectivity index (χ4n) is 4.39. The molecule has 0 bridgehead atoms. The number of halogens is 1. The van der Waals surface area contributed by atoms with E-state index >= 15 is 0 Å². The highest BCUT2D eigenvalue weighted by molar-refractivity contribution is 6.07. The zero-order valence-electron chi connectivity index (χ0n) is 18.4. The highest BCUT2D eigenvalue weighted by atomic mass is 19.1. The maximum Gasteiger partial charge on any atom is 0.255 e. The molecule has 2 amide bonds. The van der Waals surface area contributed by atoms with Gasteiger partial charge >= 0.3 is 0 Å². The van der Waals surface area contributed by atoms with Crippen LogP contribution >= 0.6 is 0 Å². The van der Waals surface area contributed by atoms with Crippen molar-refractivity contribution in [3.63, 3.8) is 0 Å². The summed E-state index contributed by atoms with van der Waals surface area (Å²) in [6.45, 7) is 1.51. The van der Waals surface area contributed by atoms with Crippen molar-refractivity contribution in [2.24, 2.45) is 0 Å². The molecule has 0 spiro atoms. The number of aromatic nitrogens is 2. The monoisotopic (exact) mass is 448 g/mol. The van der Waals surface area contributed by atoms with Gasteiger partial charge in [0.15, 0.2) is 0 Å². The molecule has 1 saturated heterocycles. The Morgan fingerprint density at radius 3 is 2.52 bits per heavy atom. The molecule has 0 atom stereocenters. The van der Waals surface area contributed by atoms with E-state index < -0.39 is 5.54 Å². The van der Waals surface area contributed by atoms with Gasteiger partial charge < -0.3 is 15.0 Å². The van der Waals surface area contributed by atoms with Crippen molar-refractivity contribution >= 4 is 34.9 Å². The lowest BCUT2D eigenvalue weighted by Gasteiger charge is -2.24. The molecule has 1 saturated carbocycles. The van der Waals surface area contributed by atoms with Gasteiger partial charge in [0.25, 0.3) is 5.91 Å². The summed E-state index contributed by atoms with van der Waals surface area (Å²) in [6, 6.07) is 9.58. The molecule has 0 unspecified atom stereocenters. The maximum atomic E-state index is 13.2. The van der Waals surface area contributed by atoms with E-state index in [2.05, 4.69) is 15.5 Å². The molecule has 2 fully saturated rings. The minimum absolute atomic E-state index is 0.0135. The predicted molar refractivity (Wildman–Crippen MR) is 123 cm³/mol. The average molecular weight is 448 g/mol. The Bertz CT molecular complexity index is 1240. The molecule has 2 N–H and O–H groups in total. The van der Waals surface area contributed by atoms with E-state index in [1.807, 2.05) is 11.0 Å². The van der Waals surface area contributed by atoms with E-state index in [0.29, 0.717) is 35.2 Å². The number of hydrogen-bond donors (Lipinski definition) is 2. The number of likely N-dealkylation sites (tertiary alicyclic amines) is 1. The summed E-state index contributed by atoms with van der Waals surface area (Å²) in [5.41, 5.74) is 1.68. The molecule has 5 rings (SSSR count). The lowest BCUT2D eigenvalue weighted by Crippen LogP contribution is -2.50. The fourth-order valence-corrected chi connectivity index (χ4v) is 4.39. The van der Waals surface area contributed by atoms with Crippen LogP contribution in [0.4, 0.5) is 4.39 Å². The molecule has 33 heavy (non-hydrogen) atoms. The van der Waals surface area contributed by atoms with Crippen LogP contribution < -0.4 is 10.1 Å². The van der Waals surface area contributed by atoms with Gasteiger partial charge in [0, 0.05) is 13.1 Å². The molecule has 2 aliphatic rings. The van der Waals surface area contributed by atoms with Crippen LogP contribution in [0.2, 0.25) is 0 Å². The van der Waals surface area contributed by atoms with Crippen LogP contribution in [0, 0.1) is 5.82 Å². The second-order valence-corrected chi connectivity index (χ2v) is 8.60.